The van der Waals surface area contributed by atoms with Crippen molar-refractivity contribution in [2.75, 3.05) is 26.2 Å². The van der Waals surface area contributed by atoms with Crippen LogP contribution in [-0.4, -0.2) is 47.8 Å². The van der Waals surface area contributed by atoms with Gasteiger partial charge in [-0.2, -0.15) is 0 Å². The number of amides is 2. The third-order valence-corrected chi connectivity index (χ3v) is 5.29. The molecule has 29 heavy (non-hydrogen) atoms. The number of hydrogen-bond acceptors (Lipinski definition) is 3. The van der Waals surface area contributed by atoms with Gasteiger partial charge in [0.2, 0.25) is 11.8 Å². The second-order valence-electron chi connectivity index (χ2n) is 7.32. The van der Waals surface area contributed by atoms with Gasteiger partial charge in [-0.05, 0) is 24.0 Å². The average molecular weight is 416 g/mol. The minimum atomic E-state index is -0.291. The Morgan fingerprint density at radius 3 is 2.00 bits per heavy atom. The smallest absolute Gasteiger partial charge is 0.224 e. The van der Waals surface area contributed by atoms with Gasteiger partial charge in [0.15, 0.2) is 0 Å². The number of carbonyl (C=O) groups is 2. The Hall–Kier alpha value is -2.37. The molecule has 1 aliphatic rings. The Morgan fingerprint density at radius 1 is 0.828 bits per heavy atom. The van der Waals surface area contributed by atoms with E-state index in [0.29, 0.717) is 39.0 Å². The van der Waals surface area contributed by atoms with E-state index in [4.69, 9.17) is 5.73 Å². The fraction of sp³-hybridized carbons (Fsp3) is 0.391. The van der Waals surface area contributed by atoms with Crippen LogP contribution in [0.5, 0.6) is 0 Å². The molecule has 1 atom stereocenters. The van der Waals surface area contributed by atoms with Crippen molar-refractivity contribution in [2.24, 2.45) is 5.73 Å². The van der Waals surface area contributed by atoms with Gasteiger partial charge in [-0.25, -0.2) is 0 Å². The molecule has 0 spiro atoms. The van der Waals surface area contributed by atoms with Crippen LogP contribution >= 0.6 is 12.4 Å². The lowest BCUT2D eigenvalue weighted by atomic mass is 10.0. The van der Waals surface area contributed by atoms with Gasteiger partial charge in [0.05, 0.1) is 0 Å². The van der Waals surface area contributed by atoms with Crippen LogP contribution in [0.25, 0.3) is 0 Å². The highest BCUT2D eigenvalue weighted by Crippen LogP contribution is 2.16. The second-order valence-corrected chi connectivity index (χ2v) is 7.32. The molecule has 0 saturated carbocycles. The van der Waals surface area contributed by atoms with Crippen LogP contribution in [0.3, 0.4) is 0 Å². The number of nitrogens with zero attached hydrogens (tertiary/aromatic N) is 2. The number of hydrogen-bond donors (Lipinski definition) is 1. The Kier molecular flexibility index (Phi) is 9.16. The number of rotatable bonds is 6. The molecule has 6 heteroatoms. The van der Waals surface area contributed by atoms with Crippen molar-refractivity contribution < 1.29 is 9.59 Å². The van der Waals surface area contributed by atoms with Crippen LogP contribution < -0.4 is 5.73 Å². The van der Waals surface area contributed by atoms with E-state index in [-0.39, 0.29) is 30.3 Å². The maximum absolute atomic E-state index is 12.7. The van der Waals surface area contributed by atoms with Crippen molar-refractivity contribution in [3.05, 3.63) is 71.8 Å². The number of nitrogens with two attached hydrogens (primary N) is 1. The molecule has 2 aromatic rings. The standard InChI is InChI=1S/C23H29N3O2.ClH/c24-21(20-10-5-2-6-11-20)18-23(28)26-15-7-14-25(16-17-26)22(27)13-12-19-8-3-1-4-9-19;/h1-6,8-11,21H,7,12-18,24H2;1H. The molecular formula is C23H30ClN3O2. The first kappa shape index (κ1) is 22.9. The number of halogens is 1. The third-order valence-electron chi connectivity index (χ3n) is 5.29. The first-order valence-corrected chi connectivity index (χ1v) is 10.0. The summed E-state index contributed by atoms with van der Waals surface area (Å²) in [6, 6.07) is 19.5. The largest absolute Gasteiger partial charge is 0.341 e. The predicted octanol–water partition coefficient (Wildman–Crippen LogP) is 3.19. The molecule has 5 nitrogen and oxygen atoms in total. The summed E-state index contributed by atoms with van der Waals surface area (Å²) >= 11 is 0. The van der Waals surface area contributed by atoms with Gasteiger partial charge in [-0.15, -0.1) is 12.4 Å². The zero-order valence-corrected chi connectivity index (χ0v) is 17.5. The van der Waals surface area contributed by atoms with Gasteiger partial charge in [0.25, 0.3) is 0 Å². The van der Waals surface area contributed by atoms with E-state index in [1.54, 1.807) is 0 Å². The van der Waals surface area contributed by atoms with Gasteiger partial charge < -0.3 is 15.5 Å². The van der Waals surface area contributed by atoms with E-state index in [1.165, 1.54) is 5.56 Å². The van der Waals surface area contributed by atoms with Crippen LogP contribution in [0.4, 0.5) is 0 Å². The van der Waals surface area contributed by atoms with Gasteiger partial charge in [0.1, 0.15) is 0 Å². The van der Waals surface area contributed by atoms with Gasteiger partial charge in [-0.1, -0.05) is 60.7 Å². The molecule has 2 N–H and O–H groups in total. The molecule has 1 saturated heterocycles. The molecule has 1 fully saturated rings. The minimum absolute atomic E-state index is 0. The molecule has 0 aliphatic carbocycles. The fourth-order valence-corrected chi connectivity index (χ4v) is 3.61. The Balaban J connectivity index is 0.00000300. The normalized spacial score (nSPS) is 15.2. The summed E-state index contributed by atoms with van der Waals surface area (Å²) in [5.74, 6) is 0.231. The molecule has 3 rings (SSSR count). The molecule has 156 valence electrons. The van der Waals surface area contributed by atoms with E-state index in [1.807, 2.05) is 70.5 Å². The molecule has 1 unspecified atom stereocenters. The topological polar surface area (TPSA) is 66.6 Å². The van der Waals surface area contributed by atoms with Crippen LogP contribution in [0.15, 0.2) is 60.7 Å². The van der Waals surface area contributed by atoms with Crippen molar-refractivity contribution in [1.82, 2.24) is 9.80 Å². The summed E-state index contributed by atoms with van der Waals surface area (Å²) in [5.41, 5.74) is 8.35. The summed E-state index contributed by atoms with van der Waals surface area (Å²) in [4.78, 5) is 29.0. The quantitative estimate of drug-likeness (QED) is 0.787. The van der Waals surface area contributed by atoms with E-state index >= 15 is 0 Å². The summed E-state index contributed by atoms with van der Waals surface area (Å²) < 4.78 is 0. The molecule has 1 aliphatic heterocycles. The van der Waals surface area contributed by atoms with Gasteiger partial charge in [0, 0.05) is 45.1 Å². The van der Waals surface area contributed by atoms with E-state index in [9.17, 15) is 9.59 Å². The second kappa shape index (κ2) is 11.6. The summed E-state index contributed by atoms with van der Waals surface area (Å²) in [6.45, 7) is 2.57. The van der Waals surface area contributed by atoms with Crippen LogP contribution in [-0.2, 0) is 16.0 Å². The third kappa shape index (κ3) is 6.87. The highest BCUT2D eigenvalue weighted by atomic mass is 35.5. The van der Waals surface area contributed by atoms with Crippen molar-refractivity contribution in [3.63, 3.8) is 0 Å². The zero-order valence-electron chi connectivity index (χ0n) is 16.7. The number of carbonyl (C=O) groups excluding carboxylic acids is 2. The highest BCUT2D eigenvalue weighted by molar-refractivity contribution is 5.85. The maximum atomic E-state index is 12.7. The molecule has 1 heterocycles. The van der Waals surface area contributed by atoms with E-state index in [0.717, 1.165) is 18.4 Å². The summed E-state index contributed by atoms with van der Waals surface area (Å²) in [5, 5.41) is 0. The molecule has 2 amide bonds. The lowest BCUT2D eigenvalue weighted by molar-refractivity contribution is -0.133. The van der Waals surface area contributed by atoms with Gasteiger partial charge in [-0.3, -0.25) is 9.59 Å². The van der Waals surface area contributed by atoms with Crippen molar-refractivity contribution >= 4 is 24.2 Å². The maximum Gasteiger partial charge on any atom is 0.224 e. The zero-order chi connectivity index (χ0) is 19.8. The molecular weight excluding hydrogens is 386 g/mol. The molecule has 0 radical (unpaired) electrons. The minimum Gasteiger partial charge on any atom is -0.341 e. The summed E-state index contributed by atoms with van der Waals surface area (Å²) in [7, 11) is 0. The van der Waals surface area contributed by atoms with Crippen LogP contribution in [0.1, 0.15) is 36.4 Å². The van der Waals surface area contributed by atoms with Crippen LogP contribution in [0.2, 0.25) is 0 Å². The van der Waals surface area contributed by atoms with E-state index in [2.05, 4.69) is 0 Å². The fourth-order valence-electron chi connectivity index (χ4n) is 3.61. The first-order valence-electron chi connectivity index (χ1n) is 10.0. The predicted molar refractivity (Wildman–Crippen MR) is 118 cm³/mol. The monoisotopic (exact) mass is 415 g/mol. The summed E-state index contributed by atoms with van der Waals surface area (Å²) in [6.07, 6.45) is 2.37. The highest BCUT2D eigenvalue weighted by Gasteiger charge is 2.23. The lowest BCUT2D eigenvalue weighted by Crippen LogP contribution is -2.38. The average Bonchev–Trinajstić information content (AvgIpc) is 3.00. The Labute approximate surface area is 179 Å². The van der Waals surface area contributed by atoms with Crippen molar-refractivity contribution in [3.8, 4) is 0 Å². The van der Waals surface area contributed by atoms with Crippen LogP contribution in [0, 0.1) is 0 Å². The van der Waals surface area contributed by atoms with Crippen molar-refractivity contribution in [2.45, 2.75) is 31.7 Å². The van der Waals surface area contributed by atoms with Gasteiger partial charge >= 0.3 is 0 Å². The SMILES string of the molecule is Cl.NC(CC(=O)N1CCCN(C(=O)CCc2ccccc2)CC1)c1ccccc1. The molecule has 0 bridgehead atoms. The first-order chi connectivity index (χ1) is 13.6. The lowest BCUT2D eigenvalue weighted by Gasteiger charge is -2.23. The Bertz CT molecular complexity index is 770. The number of aryl methyl sites for hydroxylation is 1. The number of benzene rings is 2. The van der Waals surface area contributed by atoms with E-state index < -0.39 is 0 Å². The Morgan fingerprint density at radius 2 is 1.38 bits per heavy atom. The molecule has 0 aromatic heterocycles. The van der Waals surface area contributed by atoms with Crippen molar-refractivity contribution in [1.29, 1.82) is 0 Å². The molecule has 2 aromatic carbocycles.